The number of hydrogen-bond acceptors (Lipinski definition) is 7. The number of H-pyrrole nitrogens is 1. The molecule has 5 rings (SSSR count). The molecule has 10 nitrogen and oxygen atoms in total. The van der Waals surface area contributed by atoms with Gasteiger partial charge in [0.25, 0.3) is 0 Å². The lowest BCUT2D eigenvalue weighted by Gasteiger charge is -2.18. The molecule has 0 saturated carbocycles. The summed E-state index contributed by atoms with van der Waals surface area (Å²) in [6, 6.07) is 16.3. The van der Waals surface area contributed by atoms with Gasteiger partial charge in [-0.25, -0.2) is 9.18 Å². The van der Waals surface area contributed by atoms with Crippen LogP contribution in [0.15, 0.2) is 60.7 Å². The van der Waals surface area contributed by atoms with E-state index in [1.165, 1.54) is 24.1 Å². The number of aromatic nitrogens is 3. The minimum Gasteiger partial charge on any atom is -0.497 e. The zero-order valence-electron chi connectivity index (χ0n) is 20.4. The zero-order chi connectivity index (χ0) is 26.6. The first-order chi connectivity index (χ1) is 18.4. The Hall–Kier alpha value is -4.80. The number of methoxy groups -OCH3 is 1. The topological polar surface area (TPSA) is 127 Å². The minimum absolute atomic E-state index is 0.00893. The Morgan fingerprint density at radius 1 is 1.13 bits per heavy atom. The molecule has 0 bridgehead atoms. The van der Waals surface area contributed by atoms with Crippen molar-refractivity contribution in [2.45, 2.75) is 18.9 Å². The molecule has 1 saturated heterocycles. The van der Waals surface area contributed by atoms with Crippen LogP contribution in [0.5, 0.6) is 5.75 Å². The van der Waals surface area contributed by atoms with Gasteiger partial charge in [0.15, 0.2) is 5.78 Å². The summed E-state index contributed by atoms with van der Waals surface area (Å²) < 4.78 is 25.6. The van der Waals surface area contributed by atoms with Crippen molar-refractivity contribution in [1.82, 2.24) is 20.7 Å². The Bertz CT molecular complexity index is 1500. The average Bonchev–Trinajstić information content (AvgIpc) is 3.57. The predicted octanol–water partition coefficient (Wildman–Crippen LogP) is 3.88. The second kappa shape index (κ2) is 10.7. The number of cyclic esters (lactones) is 1. The fraction of sp³-hybridized carbons (Fsp3) is 0.222. The number of ketones is 1. The molecule has 0 radical (unpaired) electrons. The lowest BCUT2D eigenvalue weighted by Crippen LogP contribution is -2.34. The van der Waals surface area contributed by atoms with Crippen LogP contribution in [0, 0.1) is 5.82 Å². The normalized spacial score (nSPS) is 14.9. The highest BCUT2D eigenvalue weighted by Gasteiger charge is 2.35. The SMILES string of the molecule is COc1ccc(C(=O)CCC(=O)NC[C@H]2CN(c3cccc(F)c3-c3cccc4[nH]nnc34)C(=O)O2)cc1. The highest BCUT2D eigenvalue weighted by atomic mass is 19.1. The third-order valence-corrected chi connectivity index (χ3v) is 6.30. The van der Waals surface area contributed by atoms with Crippen LogP contribution in [-0.2, 0) is 9.53 Å². The summed E-state index contributed by atoms with van der Waals surface area (Å²) in [5.41, 5.74) is 2.60. The maximum Gasteiger partial charge on any atom is 0.414 e. The van der Waals surface area contributed by atoms with Crippen molar-refractivity contribution in [2.75, 3.05) is 25.1 Å². The van der Waals surface area contributed by atoms with Crippen molar-refractivity contribution in [3.8, 4) is 16.9 Å². The van der Waals surface area contributed by atoms with Gasteiger partial charge in [0.1, 0.15) is 23.2 Å². The number of halogens is 1. The number of aromatic amines is 1. The number of anilines is 1. The summed E-state index contributed by atoms with van der Waals surface area (Å²) in [6.45, 7) is 0.163. The molecule has 1 aliphatic rings. The molecule has 2 N–H and O–H groups in total. The number of nitrogens with zero attached hydrogens (tertiary/aromatic N) is 3. The van der Waals surface area contributed by atoms with E-state index in [0.717, 1.165) is 0 Å². The monoisotopic (exact) mass is 517 g/mol. The lowest BCUT2D eigenvalue weighted by molar-refractivity contribution is -0.121. The molecular formula is C27H24FN5O5. The highest BCUT2D eigenvalue weighted by Crippen LogP contribution is 2.38. The number of rotatable bonds is 9. The first-order valence-electron chi connectivity index (χ1n) is 12.0. The van der Waals surface area contributed by atoms with Crippen molar-refractivity contribution in [3.63, 3.8) is 0 Å². The Kier molecular flexibility index (Phi) is 6.98. The third-order valence-electron chi connectivity index (χ3n) is 6.30. The smallest absolute Gasteiger partial charge is 0.414 e. The van der Waals surface area contributed by atoms with Crippen LogP contribution in [0.3, 0.4) is 0 Å². The molecule has 4 aromatic rings. The molecule has 194 valence electrons. The molecule has 1 atom stereocenters. The number of carbonyl (C=O) groups excluding carboxylic acids is 3. The molecule has 0 spiro atoms. The van der Waals surface area contributed by atoms with E-state index in [2.05, 4.69) is 20.7 Å². The molecule has 3 aromatic carbocycles. The van der Waals surface area contributed by atoms with Gasteiger partial charge in [-0.15, -0.1) is 5.10 Å². The van der Waals surface area contributed by atoms with Gasteiger partial charge in [-0.2, -0.15) is 0 Å². The number of hydrogen-bond donors (Lipinski definition) is 2. The molecule has 0 aliphatic carbocycles. The van der Waals surface area contributed by atoms with Crippen molar-refractivity contribution >= 4 is 34.5 Å². The van der Waals surface area contributed by atoms with Crippen LogP contribution in [0.4, 0.5) is 14.9 Å². The predicted molar refractivity (Wildman–Crippen MR) is 136 cm³/mol. The van der Waals surface area contributed by atoms with Crippen LogP contribution < -0.4 is 15.0 Å². The van der Waals surface area contributed by atoms with Crippen LogP contribution in [0.25, 0.3) is 22.2 Å². The summed E-state index contributed by atoms with van der Waals surface area (Å²) in [5.74, 6) is -0.392. The number of amides is 2. The van der Waals surface area contributed by atoms with E-state index in [9.17, 15) is 14.4 Å². The van der Waals surface area contributed by atoms with Gasteiger partial charge >= 0.3 is 6.09 Å². The lowest BCUT2D eigenvalue weighted by atomic mass is 10.0. The summed E-state index contributed by atoms with van der Waals surface area (Å²) in [7, 11) is 1.54. The summed E-state index contributed by atoms with van der Waals surface area (Å²) in [4.78, 5) is 38.8. The number of carbonyl (C=O) groups is 3. The van der Waals surface area contributed by atoms with E-state index in [1.54, 1.807) is 48.5 Å². The van der Waals surface area contributed by atoms with Crippen molar-refractivity contribution in [2.24, 2.45) is 0 Å². The van der Waals surface area contributed by atoms with Crippen molar-refractivity contribution in [1.29, 1.82) is 0 Å². The zero-order valence-corrected chi connectivity index (χ0v) is 20.4. The van der Waals surface area contributed by atoms with Gasteiger partial charge < -0.3 is 14.8 Å². The molecule has 1 aliphatic heterocycles. The van der Waals surface area contributed by atoms with Crippen LogP contribution >= 0.6 is 0 Å². The van der Waals surface area contributed by atoms with E-state index in [0.29, 0.717) is 33.6 Å². The fourth-order valence-corrected chi connectivity index (χ4v) is 4.37. The standard InChI is InChI=1S/C27H24FN5O5/c1-37-17-10-8-16(9-11-17)23(34)12-13-24(35)29-14-18-15-33(27(36)38-18)22-7-3-5-20(28)25(22)19-4-2-6-21-26(19)31-32-30-21/h2-11,18H,12-15H2,1H3,(H,29,35)(H,30,31,32)/t18-/m0/s1. The number of Topliss-reactive ketones (excluding diaryl/α,β-unsaturated/α-hetero) is 1. The van der Waals surface area contributed by atoms with Crippen LogP contribution in [0.1, 0.15) is 23.2 Å². The van der Waals surface area contributed by atoms with Crippen LogP contribution in [-0.4, -0.2) is 59.5 Å². The molecular weight excluding hydrogens is 493 g/mol. The van der Waals surface area contributed by atoms with Gasteiger partial charge in [-0.3, -0.25) is 19.6 Å². The van der Waals surface area contributed by atoms with E-state index in [4.69, 9.17) is 9.47 Å². The first-order valence-corrected chi connectivity index (χ1v) is 12.0. The third kappa shape index (κ3) is 5.03. The second-order valence-corrected chi connectivity index (χ2v) is 8.72. The molecule has 2 amide bonds. The van der Waals surface area contributed by atoms with E-state index in [-0.39, 0.29) is 43.2 Å². The van der Waals surface area contributed by atoms with Crippen molar-refractivity contribution in [3.05, 3.63) is 72.0 Å². The van der Waals surface area contributed by atoms with Gasteiger partial charge in [-0.05, 0) is 42.5 Å². The summed E-state index contributed by atoms with van der Waals surface area (Å²) in [6.07, 6.45) is -1.28. The minimum atomic E-state index is -0.655. The molecule has 1 fully saturated rings. The second-order valence-electron chi connectivity index (χ2n) is 8.72. The van der Waals surface area contributed by atoms with Gasteiger partial charge in [0.05, 0.1) is 31.4 Å². The van der Waals surface area contributed by atoms with Crippen LogP contribution in [0.2, 0.25) is 0 Å². The highest BCUT2D eigenvalue weighted by molar-refractivity contribution is 6.01. The molecule has 38 heavy (non-hydrogen) atoms. The Labute approximate surface area is 216 Å². The molecule has 1 aromatic heterocycles. The molecule has 11 heteroatoms. The molecule has 0 unspecified atom stereocenters. The summed E-state index contributed by atoms with van der Waals surface area (Å²) >= 11 is 0. The largest absolute Gasteiger partial charge is 0.497 e. The maximum atomic E-state index is 15.1. The number of benzene rings is 3. The number of fused-ring (bicyclic) bond motifs is 1. The van der Waals surface area contributed by atoms with E-state index >= 15 is 4.39 Å². The Balaban J connectivity index is 1.22. The fourth-order valence-electron chi connectivity index (χ4n) is 4.37. The van der Waals surface area contributed by atoms with E-state index in [1.807, 2.05) is 0 Å². The quantitative estimate of drug-likeness (QED) is 0.323. The summed E-state index contributed by atoms with van der Waals surface area (Å²) in [5, 5.41) is 13.3. The Morgan fingerprint density at radius 3 is 2.71 bits per heavy atom. The maximum absolute atomic E-state index is 15.1. The van der Waals surface area contributed by atoms with Gasteiger partial charge in [-0.1, -0.05) is 23.4 Å². The van der Waals surface area contributed by atoms with Gasteiger partial charge in [0.2, 0.25) is 5.91 Å². The Morgan fingerprint density at radius 2 is 1.92 bits per heavy atom. The first kappa shape index (κ1) is 24.9. The van der Waals surface area contributed by atoms with E-state index < -0.39 is 18.0 Å². The van der Waals surface area contributed by atoms with Gasteiger partial charge in [0, 0.05) is 29.5 Å². The van der Waals surface area contributed by atoms with Crippen molar-refractivity contribution < 1.29 is 28.2 Å². The average molecular weight is 518 g/mol. The molecule has 2 heterocycles. The number of nitrogens with one attached hydrogen (secondary N) is 2. The number of ether oxygens (including phenoxy) is 2.